The van der Waals surface area contributed by atoms with Crippen LogP contribution < -0.4 is 0 Å². The van der Waals surface area contributed by atoms with E-state index in [1.165, 1.54) is 43.4 Å². The number of rotatable bonds is 7. The van der Waals surface area contributed by atoms with Gasteiger partial charge in [-0.15, -0.1) is 0 Å². The lowest BCUT2D eigenvalue weighted by Crippen LogP contribution is -2.48. The van der Waals surface area contributed by atoms with Crippen LogP contribution in [0.1, 0.15) is 68.5 Å². The molecule has 1 saturated heterocycles. The van der Waals surface area contributed by atoms with Crippen molar-refractivity contribution in [3.05, 3.63) is 17.5 Å². The van der Waals surface area contributed by atoms with Gasteiger partial charge < -0.3 is 10.0 Å². The summed E-state index contributed by atoms with van der Waals surface area (Å²) < 4.78 is 0. The fourth-order valence-corrected chi connectivity index (χ4v) is 4.94. The number of aromatic nitrogens is 2. The Balaban J connectivity index is 1.63. The summed E-state index contributed by atoms with van der Waals surface area (Å²) in [5, 5.41) is 16.7. The van der Waals surface area contributed by atoms with Crippen molar-refractivity contribution < 1.29 is 9.90 Å². The molecule has 0 bridgehead atoms. The molecule has 2 N–H and O–H groups in total. The summed E-state index contributed by atoms with van der Waals surface area (Å²) >= 11 is 0. The minimum Gasteiger partial charge on any atom is -0.481 e. The van der Waals surface area contributed by atoms with Crippen LogP contribution in [0.15, 0.2) is 6.20 Å². The first kappa shape index (κ1) is 19.4. The predicted octanol–water partition coefficient (Wildman–Crippen LogP) is 3.07. The van der Waals surface area contributed by atoms with E-state index in [4.69, 9.17) is 5.11 Å². The van der Waals surface area contributed by atoms with Crippen LogP contribution in [0.25, 0.3) is 0 Å². The third kappa shape index (κ3) is 4.86. The molecular weight excluding hydrogens is 328 g/mol. The molecular formula is C20H34N4O2. The molecule has 1 aliphatic carbocycles. The Labute approximate surface area is 156 Å². The molecule has 2 atom stereocenters. The Morgan fingerprint density at radius 1 is 1.31 bits per heavy atom. The van der Waals surface area contributed by atoms with E-state index in [2.05, 4.69) is 34.1 Å². The van der Waals surface area contributed by atoms with Crippen molar-refractivity contribution >= 4 is 5.97 Å². The van der Waals surface area contributed by atoms with Crippen molar-refractivity contribution in [1.29, 1.82) is 0 Å². The molecule has 1 aromatic heterocycles. The van der Waals surface area contributed by atoms with E-state index in [0.717, 1.165) is 32.5 Å². The van der Waals surface area contributed by atoms with Crippen molar-refractivity contribution in [3.8, 4) is 0 Å². The third-order valence-corrected chi connectivity index (χ3v) is 6.33. The van der Waals surface area contributed by atoms with Crippen molar-refractivity contribution in [2.24, 2.45) is 5.92 Å². The Morgan fingerprint density at radius 2 is 2.08 bits per heavy atom. The fourth-order valence-electron chi connectivity index (χ4n) is 4.94. The Hall–Kier alpha value is -1.40. The van der Waals surface area contributed by atoms with Crippen molar-refractivity contribution in [3.63, 3.8) is 0 Å². The van der Waals surface area contributed by atoms with Gasteiger partial charge in [0.2, 0.25) is 0 Å². The maximum absolute atomic E-state index is 11.0. The first-order chi connectivity index (χ1) is 12.5. The molecule has 3 rings (SSSR count). The van der Waals surface area contributed by atoms with Gasteiger partial charge in [-0.3, -0.25) is 14.8 Å². The number of hydrogen-bond donors (Lipinski definition) is 2. The van der Waals surface area contributed by atoms with E-state index >= 15 is 0 Å². The summed E-state index contributed by atoms with van der Waals surface area (Å²) in [4.78, 5) is 15.8. The number of hydrogen-bond acceptors (Lipinski definition) is 4. The van der Waals surface area contributed by atoms with Gasteiger partial charge in [0, 0.05) is 42.7 Å². The lowest BCUT2D eigenvalue weighted by Gasteiger charge is -2.41. The summed E-state index contributed by atoms with van der Waals surface area (Å²) in [6, 6.07) is 0.479. The zero-order valence-corrected chi connectivity index (χ0v) is 16.3. The van der Waals surface area contributed by atoms with Crippen molar-refractivity contribution in [2.75, 3.05) is 27.2 Å². The summed E-state index contributed by atoms with van der Waals surface area (Å²) in [5.74, 6) is 0.373. The van der Waals surface area contributed by atoms with Crippen LogP contribution in [0, 0.1) is 5.92 Å². The van der Waals surface area contributed by atoms with E-state index in [9.17, 15) is 4.79 Å². The SMILES string of the molecule is CN(C)[C@H]1CCN(Cc2cn[nH]c2C2CCCCC2)C[C@H]1CCC(=O)O. The van der Waals surface area contributed by atoms with Gasteiger partial charge in [0.05, 0.1) is 6.20 Å². The molecule has 2 aliphatic rings. The minimum absolute atomic E-state index is 0.266. The number of aromatic amines is 1. The van der Waals surface area contributed by atoms with E-state index in [0.29, 0.717) is 17.9 Å². The van der Waals surface area contributed by atoms with Gasteiger partial charge in [-0.2, -0.15) is 5.10 Å². The predicted molar refractivity (Wildman–Crippen MR) is 102 cm³/mol. The van der Waals surface area contributed by atoms with Gasteiger partial charge in [-0.25, -0.2) is 0 Å². The average molecular weight is 363 g/mol. The molecule has 6 nitrogen and oxygen atoms in total. The number of nitrogens with zero attached hydrogens (tertiary/aromatic N) is 3. The van der Waals surface area contributed by atoms with Crippen LogP contribution in [0.5, 0.6) is 0 Å². The molecule has 6 heteroatoms. The molecule has 0 amide bonds. The van der Waals surface area contributed by atoms with Gasteiger partial charge in [-0.05, 0) is 52.2 Å². The number of H-pyrrole nitrogens is 1. The first-order valence-corrected chi connectivity index (χ1v) is 10.2. The van der Waals surface area contributed by atoms with Crippen LogP contribution in [0.2, 0.25) is 0 Å². The van der Waals surface area contributed by atoms with Gasteiger partial charge in [0.15, 0.2) is 0 Å². The number of carbonyl (C=O) groups is 1. The van der Waals surface area contributed by atoms with E-state index in [1.54, 1.807) is 0 Å². The Kier molecular flexibility index (Phi) is 6.70. The quantitative estimate of drug-likeness (QED) is 0.780. The zero-order chi connectivity index (χ0) is 18.5. The molecule has 0 spiro atoms. The molecule has 0 unspecified atom stereocenters. The van der Waals surface area contributed by atoms with Gasteiger partial charge in [0.25, 0.3) is 0 Å². The molecule has 2 fully saturated rings. The Bertz CT molecular complexity index is 580. The smallest absolute Gasteiger partial charge is 0.303 e. The fraction of sp³-hybridized carbons (Fsp3) is 0.800. The molecule has 0 aromatic carbocycles. The zero-order valence-electron chi connectivity index (χ0n) is 16.3. The third-order valence-electron chi connectivity index (χ3n) is 6.33. The highest BCUT2D eigenvalue weighted by atomic mass is 16.4. The van der Waals surface area contributed by atoms with Crippen molar-refractivity contribution in [1.82, 2.24) is 20.0 Å². The first-order valence-electron chi connectivity index (χ1n) is 10.2. The second kappa shape index (κ2) is 9.00. The molecule has 26 heavy (non-hydrogen) atoms. The number of aliphatic carboxylic acids is 1. The monoisotopic (exact) mass is 362 g/mol. The Morgan fingerprint density at radius 3 is 2.77 bits per heavy atom. The summed E-state index contributed by atoms with van der Waals surface area (Å²) in [6.07, 6.45) is 10.7. The van der Waals surface area contributed by atoms with Crippen LogP contribution in [0.3, 0.4) is 0 Å². The van der Waals surface area contributed by atoms with Crippen LogP contribution in [0.4, 0.5) is 0 Å². The summed E-state index contributed by atoms with van der Waals surface area (Å²) in [6.45, 7) is 2.99. The molecule has 2 heterocycles. The number of carboxylic acids is 1. The highest BCUT2D eigenvalue weighted by molar-refractivity contribution is 5.66. The maximum atomic E-state index is 11.0. The normalized spacial score (nSPS) is 25.7. The maximum Gasteiger partial charge on any atom is 0.303 e. The van der Waals surface area contributed by atoms with E-state index in [1.807, 2.05) is 6.20 Å². The lowest BCUT2D eigenvalue weighted by atomic mass is 9.85. The van der Waals surface area contributed by atoms with Crippen LogP contribution in [-0.4, -0.2) is 64.3 Å². The highest BCUT2D eigenvalue weighted by Crippen LogP contribution is 2.34. The highest BCUT2D eigenvalue weighted by Gasteiger charge is 2.31. The van der Waals surface area contributed by atoms with E-state index < -0.39 is 5.97 Å². The largest absolute Gasteiger partial charge is 0.481 e. The molecule has 1 saturated carbocycles. The van der Waals surface area contributed by atoms with Gasteiger partial charge in [-0.1, -0.05) is 19.3 Å². The standard InChI is InChI=1S/C20H34N4O2/c1-23(2)18-10-11-24(13-16(18)8-9-19(25)26)14-17-12-21-22-20(17)15-6-4-3-5-7-15/h12,15-16,18H,3-11,13-14H2,1-2H3,(H,21,22)(H,25,26)/t16-,18+/m1/s1. The molecule has 1 aromatic rings. The second-order valence-corrected chi connectivity index (χ2v) is 8.39. The van der Waals surface area contributed by atoms with Gasteiger partial charge in [0.1, 0.15) is 0 Å². The van der Waals surface area contributed by atoms with Gasteiger partial charge >= 0.3 is 5.97 Å². The average Bonchev–Trinajstić information content (AvgIpc) is 3.08. The van der Waals surface area contributed by atoms with Crippen LogP contribution in [-0.2, 0) is 11.3 Å². The molecule has 146 valence electrons. The number of nitrogens with one attached hydrogen (secondary N) is 1. The molecule has 0 radical (unpaired) electrons. The van der Waals surface area contributed by atoms with Crippen molar-refractivity contribution in [2.45, 2.75) is 69.9 Å². The second-order valence-electron chi connectivity index (χ2n) is 8.39. The topological polar surface area (TPSA) is 72.5 Å². The number of likely N-dealkylation sites (tertiary alicyclic amines) is 1. The minimum atomic E-state index is -0.686. The lowest BCUT2D eigenvalue weighted by molar-refractivity contribution is -0.137. The van der Waals surface area contributed by atoms with E-state index in [-0.39, 0.29) is 6.42 Å². The number of carboxylic acid groups (broad SMARTS) is 1. The number of piperidine rings is 1. The summed E-state index contributed by atoms with van der Waals surface area (Å²) in [7, 11) is 4.23. The summed E-state index contributed by atoms with van der Waals surface area (Å²) in [5.41, 5.74) is 2.69. The van der Waals surface area contributed by atoms with Crippen LogP contribution >= 0.6 is 0 Å². The molecule has 1 aliphatic heterocycles.